The van der Waals surface area contributed by atoms with Crippen LogP contribution in [0.25, 0.3) is 0 Å². The minimum atomic E-state index is 0.0938. The van der Waals surface area contributed by atoms with Crippen LogP contribution >= 0.6 is 28.1 Å². The Kier molecular flexibility index (Phi) is 6.12. The highest BCUT2D eigenvalue weighted by molar-refractivity contribution is 9.10. The van der Waals surface area contributed by atoms with Crippen LogP contribution in [0.2, 0.25) is 0 Å². The summed E-state index contributed by atoms with van der Waals surface area (Å²) in [6.07, 6.45) is 6.71. The topological polar surface area (TPSA) is 68.9 Å². The lowest BCUT2D eigenvalue weighted by Gasteiger charge is -2.11. The van der Waals surface area contributed by atoms with Gasteiger partial charge in [-0.05, 0) is 45.8 Å². The van der Waals surface area contributed by atoms with Crippen molar-refractivity contribution in [2.24, 2.45) is 10.8 Å². The zero-order valence-corrected chi connectivity index (χ0v) is 12.5. The van der Waals surface area contributed by atoms with Gasteiger partial charge in [-0.2, -0.15) is 5.10 Å². The number of benzene rings is 1. The van der Waals surface area contributed by atoms with Gasteiger partial charge < -0.3 is 15.2 Å². The number of nitrogens with two attached hydrogens (primary N) is 1. The first-order chi connectivity index (χ1) is 9.08. The average Bonchev–Trinajstić information content (AvgIpc) is 2.36. The molecule has 0 bridgehead atoms. The number of halogens is 1. The Morgan fingerprint density at radius 2 is 2.42 bits per heavy atom. The Hall–Kier alpha value is -1.78. The highest BCUT2D eigenvalue weighted by Gasteiger charge is 2.10. The zero-order chi connectivity index (χ0) is 14.3. The van der Waals surface area contributed by atoms with Gasteiger partial charge in [0.2, 0.25) is 0 Å². The second-order valence-corrected chi connectivity index (χ2v) is 4.56. The lowest BCUT2D eigenvalue weighted by atomic mass is 10.2. The molecule has 0 saturated heterocycles. The molecular formula is C12H12BrN3O2S. The minimum absolute atomic E-state index is 0.0938. The van der Waals surface area contributed by atoms with Crippen LogP contribution in [0.3, 0.4) is 0 Å². The molecule has 100 valence electrons. The predicted molar refractivity (Wildman–Crippen MR) is 82.5 cm³/mol. The highest BCUT2D eigenvalue weighted by Crippen LogP contribution is 2.36. The number of thiocarbonyl (C=S) groups is 1. The third-order valence-electron chi connectivity index (χ3n) is 1.94. The quantitative estimate of drug-likeness (QED) is 0.369. The predicted octanol–water partition coefficient (Wildman–Crippen LogP) is 1.64. The highest BCUT2D eigenvalue weighted by atomic mass is 79.9. The Morgan fingerprint density at radius 3 is 3.00 bits per heavy atom. The van der Waals surface area contributed by atoms with Crippen molar-refractivity contribution in [1.29, 1.82) is 0 Å². The third kappa shape index (κ3) is 4.77. The number of hydrogen-bond acceptors (Lipinski definition) is 4. The van der Waals surface area contributed by atoms with Crippen LogP contribution in [0.5, 0.6) is 11.5 Å². The molecule has 0 unspecified atom stereocenters. The van der Waals surface area contributed by atoms with Gasteiger partial charge in [0.05, 0.1) is 17.8 Å². The fraction of sp³-hybridized carbons (Fsp3) is 0.167. The Labute approximate surface area is 125 Å². The molecule has 1 aromatic carbocycles. The van der Waals surface area contributed by atoms with Crippen LogP contribution in [-0.2, 0) is 0 Å². The molecule has 0 aromatic heterocycles. The van der Waals surface area contributed by atoms with Crippen molar-refractivity contribution >= 4 is 39.5 Å². The van der Waals surface area contributed by atoms with E-state index >= 15 is 0 Å². The first kappa shape index (κ1) is 15.3. The van der Waals surface area contributed by atoms with Gasteiger partial charge in [0, 0.05) is 0 Å². The van der Waals surface area contributed by atoms with E-state index < -0.39 is 0 Å². The maximum absolute atomic E-state index is 5.40. The molecule has 5 nitrogen and oxygen atoms in total. The Morgan fingerprint density at radius 1 is 1.68 bits per heavy atom. The van der Waals surface area contributed by atoms with E-state index in [0.29, 0.717) is 16.0 Å². The first-order valence-corrected chi connectivity index (χ1v) is 6.31. The van der Waals surface area contributed by atoms with Crippen molar-refractivity contribution in [3.63, 3.8) is 0 Å². The van der Waals surface area contributed by atoms with E-state index in [-0.39, 0.29) is 11.7 Å². The number of nitrogens with one attached hydrogen (secondary N) is 1. The summed E-state index contributed by atoms with van der Waals surface area (Å²) in [6.45, 7) is 0.158. The van der Waals surface area contributed by atoms with E-state index in [4.69, 9.17) is 21.6 Å². The summed E-state index contributed by atoms with van der Waals surface area (Å²) in [6, 6.07) is 3.56. The zero-order valence-electron chi connectivity index (χ0n) is 10.1. The second-order valence-electron chi connectivity index (χ2n) is 3.26. The van der Waals surface area contributed by atoms with Crippen molar-refractivity contribution in [3.8, 4) is 23.8 Å². The molecule has 0 amide bonds. The van der Waals surface area contributed by atoms with E-state index in [9.17, 15) is 0 Å². The van der Waals surface area contributed by atoms with Gasteiger partial charge in [0.1, 0.15) is 6.61 Å². The number of methoxy groups -OCH3 is 1. The van der Waals surface area contributed by atoms with E-state index in [1.54, 1.807) is 25.5 Å². The summed E-state index contributed by atoms with van der Waals surface area (Å²) >= 11 is 8.02. The van der Waals surface area contributed by atoms with Crippen molar-refractivity contribution in [3.05, 3.63) is 22.2 Å². The van der Waals surface area contributed by atoms with Gasteiger partial charge in [-0.1, -0.05) is 5.92 Å². The lowest BCUT2D eigenvalue weighted by Crippen LogP contribution is -2.23. The monoisotopic (exact) mass is 341 g/mol. The van der Waals surface area contributed by atoms with Gasteiger partial charge >= 0.3 is 0 Å². The largest absolute Gasteiger partial charge is 0.493 e. The van der Waals surface area contributed by atoms with Crippen LogP contribution in [0.15, 0.2) is 21.7 Å². The summed E-state index contributed by atoms with van der Waals surface area (Å²) in [5.41, 5.74) is 8.50. The van der Waals surface area contributed by atoms with E-state index in [1.807, 2.05) is 0 Å². The van der Waals surface area contributed by atoms with E-state index in [1.165, 1.54) is 0 Å². The fourth-order valence-corrected chi connectivity index (χ4v) is 1.87. The van der Waals surface area contributed by atoms with Gasteiger partial charge in [-0.15, -0.1) is 6.42 Å². The molecule has 0 radical (unpaired) electrons. The summed E-state index contributed by atoms with van der Waals surface area (Å²) in [7, 11) is 1.54. The second kappa shape index (κ2) is 7.61. The normalized spacial score (nSPS) is 9.95. The SMILES string of the molecule is C#CCOc1c(Br)cc(/C=N/NC(N)=S)cc1OC. The Balaban J connectivity index is 2.99. The molecule has 0 atom stereocenters. The standard InChI is InChI=1S/C12H12BrN3O2S/c1-3-4-18-11-9(13)5-8(6-10(11)17-2)7-15-16-12(14)19/h1,5-7H,4H2,2H3,(H3,14,16,19)/b15-7+. The van der Waals surface area contributed by atoms with Crippen molar-refractivity contribution in [2.75, 3.05) is 13.7 Å². The van der Waals surface area contributed by atoms with Crippen LogP contribution in [0.4, 0.5) is 0 Å². The first-order valence-electron chi connectivity index (χ1n) is 5.10. The molecule has 0 heterocycles. The van der Waals surface area contributed by atoms with Crippen molar-refractivity contribution in [1.82, 2.24) is 5.43 Å². The summed E-state index contributed by atoms with van der Waals surface area (Å²) in [5, 5.41) is 3.95. The number of hydrogen-bond donors (Lipinski definition) is 2. The molecular weight excluding hydrogens is 330 g/mol. The van der Waals surface area contributed by atoms with Gasteiger partial charge in [-0.25, -0.2) is 0 Å². The van der Waals surface area contributed by atoms with Crippen LogP contribution in [-0.4, -0.2) is 25.0 Å². The molecule has 0 aliphatic heterocycles. The fourth-order valence-electron chi connectivity index (χ4n) is 1.24. The molecule has 0 spiro atoms. The number of nitrogens with zero attached hydrogens (tertiary/aromatic N) is 1. The average molecular weight is 342 g/mol. The summed E-state index contributed by atoms with van der Waals surface area (Å²) in [5.74, 6) is 3.48. The molecule has 0 aliphatic rings. The molecule has 0 aliphatic carbocycles. The van der Waals surface area contributed by atoms with Gasteiger partial charge in [-0.3, -0.25) is 5.43 Å². The smallest absolute Gasteiger partial charge is 0.184 e. The van der Waals surface area contributed by atoms with Crippen molar-refractivity contribution in [2.45, 2.75) is 0 Å². The van der Waals surface area contributed by atoms with Crippen LogP contribution in [0.1, 0.15) is 5.56 Å². The molecule has 1 rings (SSSR count). The van der Waals surface area contributed by atoms with E-state index in [2.05, 4.69) is 44.6 Å². The van der Waals surface area contributed by atoms with Crippen LogP contribution < -0.4 is 20.6 Å². The van der Waals surface area contributed by atoms with E-state index in [0.717, 1.165) is 5.56 Å². The lowest BCUT2D eigenvalue weighted by molar-refractivity contribution is 0.329. The number of hydrazone groups is 1. The number of rotatable bonds is 5. The molecule has 0 fully saturated rings. The molecule has 19 heavy (non-hydrogen) atoms. The number of ether oxygens (including phenoxy) is 2. The van der Waals surface area contributed by atoms with Gasteiger partial charge in [0.25, 0.3) is 0 Å². The maximum atomic E-state index is 5.40. The molecule has 3 N–H and O–H groups in total. The van der Waals surface area contributed by atoms with Crippen molar-refractivity contribution < 1.29 is 9.47 Å². The minimum Gasteiger partial charge on any atom is -0.493 e. The molecule has 1 aromatic rings. The summed E-state index contributed by atoms with van der Waals surface area (Å²) in [4.78, 5) is 0. The maximum Gasteiger partial charge on any atom is 0.184 e. The molecule has 0 saturated carbocycles. The Bertz CT molecular complexity index is 541. The van der Waals surface area contributed by atoms with Crippen LogP contribution in [0, 0.1) is 12.3 Å². The third-order valence-corrected chi connectivity index (χ3v) is 2.62. The molecule has 7 heteroatoms. The number of terminal acetylenes is 1. The van der Waals surface area contributed by atoms with Gasteiger partial charge in [0.15, 0.2) is 16.6 Å². The summed E-state index contributed by atoms with van der Waals surface area (Å²) < 4.78 is 11.3.